The molecule has 0 aliphatic heterocycles. The lowest BCUT2D eigenvalue weighted by molar-refractivity contribution is -0.146. The first-order chi connectivity index (χ1) is 8.74. The minimum atomic E-state index is -0.0431. The minimum Gasteiger partial charge on any atom is -0.461 e. The highest BCUT2D eigenvalue weighted by atomic mass is 16.5. The fourth-order valence-electron chi connectivity index (χ4n) is 2.57. The van der Waals surface area contributed by atoms with Gasteiger partial charge in [0.1, 0.15) is 6.61 Å². The van der Waals surface area contributed by atoms with E-state index in [-0.39, 0.29) is 5.97 Å². The highest BCUT2D eigenvalue weighted by Gasteiger charge is 2.21. The number of esters is 1. The van der Waals surface area contributed by atoms with E-state index in [1.807, 2.05) is 30.3 Å². The smallest absolute Gasteiger partial charge is 0.306 e. The van der Waals surface area contributed by atoms with E-state index in [1.54, 1.807) is 0 Å². The highest BCUT2D eigenvalue weighted by Crippen LogP contribution is 2.30. The molecule has 1 aliphatic rings. The Kier molecular flexibility index (Phi) is 4.80. The van der Waals surface area contributed by atoms with Gasteiger partial charge in [-0.15, -0.1) is 0 Å². The third-order valence-electron chi connectivity index (χ3n) is 3.83. The van der Waals surface area contributed by atoms with E-state index in [2.05, 4.69) is 6.92 Å². The molecule has 0 saturated heterocycles. The molecule has 0 unspecified atom stereocenters. The lowest BCUT2D eigenvalue weighted by atomic mass is 9.81. The maximum absolute atomic E-state index is 11.7. The molecular formula is C16H22O2. The minimum absolute atomic E-state index is 0.0431. The summed E-state index contributed by atoms with van der Waals surface area (Å²) in [5.74, 6) is 1.34. The van der Waals surface area contributed by atoms with Crippen LogP contribution in [-0.4, -0.2) is 5.97 Å². The average molecular weight is 246 g/mol. The Bertz CT molecular complexity index is 364. The number of carbonyl (C=O) groups excluding carboxylic acids is 1. The van der Waals surface area contributed by atoms with E-state index < -0.39 is 0 Å². The maximum atomic E-state index is 11.7. The molecule has 2 nitrogen and oxygen atoms in total. The van der Waals surface area contributed by atoms with E-state index in [0.717, 1.165) is 11.5 Å². The van der Waals surface area contributed by atoms with Crippen LogP contribution in [0.4, 0.5) is 0 Å². The Morgan fingerprint density at radius 3 is 2.50 bits per heavy atom. The second-order valence-corrected chi connectivity index (χ2v) is 5.48. The zero-order chi connectivity index (χ0) is 12.8. The van der Waals surface area contributed by atoms with Gasteiger partial charge in [0.2, 0.25) is 0 Å². The summed E-state index contributed by atoms with van der Waals surface area (Å²) < 4.78 is 5.32. The van der Waals surface area contributed by atoms with Crippen molar-refractivity contribution in [3.8, 4) is 0 Å². The fourth-order valence-corrected chi connectivity index (χ4v) is 2.57. The van der Waals surface area contributed by atoms with E-state index in [4.69, 9.17) is 4.74 Å². The van der Waals surface area contributed by atoms with Crippen LogP contribution in [0.15, 0.2) is 30.3 Å². The number of rotatable bonds is 4. The fraction of sp³-hybridized carbons (Fsp3) is 0.562. The molecule has 0 atom stereocenters. The molecule has 1 aromatic rings. The first-order valence-electron chi connectivity index (χ1n) is 6.93. The zero-order valence-corrected chi connectivity index (χ0v) is 11.1. The van der Waals surface area contributed by atoms with Crippen molar-refractivity contribution in [1.82, 2.24) is 0 Å². The summed E-state index contributed by atoms with van der Waals surface area (Å²) in [6, 6.07) is 9.86. The van der Waals surface area contributed by atoms with Gasteiger partial charge in [0.25, 0.3) is 0 Å². The summed E-state index contributed by atoms with van der Waals surface area (Å²) in [5.41, 5.74) is 1.06. The average Bonchev–Trinajstić information content (AvgIpc) is 2.40. The van der Waals surface area contributed by atoms with E-state index in [1.165, 1.54) is 25.7 Å². The van der Waals surface area contributed by atoms with Gasteiger partial charge in [-0.1, -0.05) is 50.1 Å². The summed E-state index contributed by atoms with van der Waals surface area (Å²) in [7, 11) is 0. The van der Waals surface area contributed by atoms with Crippen LogP contribution in [0.25, 0.3) is 0 Å². The molecular weight excluding hydrogens is 224 g/mol. The van der Waals surface area contributed by atoms with Crippen molar-refractivity contribution in [2.45, 2.75) is 45.6 Å². The van der Waals surface area contributed by atoms with Crippen LogP contribution in [0.1, 0.15) is 44.6 Å². The van der Waals surface area contributed by atoms with Crippen LogP contribution < -0.4 is 0 Å². The van der Waals surface area contributed by atoms with Crippen molar-refractivity contribution >= 4 is 5.97 Å². The summed E-state index contributed by atoms with van der Waals surface area (Å²) in [6.45, 7) is 2.70. The van der Waals surface area contributed by atoms with Gasteiger partial charge in [-0.25, -0.2) is 0 Å². The van der Waals surface area contributed by atoms with Gasteiger partial charge in [-0.2, -0.15) is 0 Å². The maximum Gasteiger partial charge on any atom is 0.306 e. The zero-order valence-electron chi connectivity index (χ0n) is 11.1. The van der Waals surface area contributed by atoms with Crippen LogP contribution in [0.3, 0.4) is 0 Å². The van der Waals surface area contributed by atoms with Gasteiger partial charge in [-0.05, 0) is 30.2 Å². The van der Waals surface area contributed by atoms with Crippen LogP contribution in [-0.2, 0) is 16.1 Å². The molecule has 0 amide bonds. The normalized spacial score (nSPS) is 23.6. The second-order valence-electron chi connectivity index (χ2n) is 5.48. The summed E-state index contributed by atoms with van der Waals surface area (Å²) in [5, 5.41) is 0. The van der Waals surface area contributed by atoms with Crippen molar-refractivity contribution in [2.75, 3.05) is 0 Å². The SMILES string of the molecule is CC1CCC(CC(=O)OCc2ccccc2)CC1. The lowest BCUT2D eigenvalue weighted by Crippen LogP contribution is -2.17. The number of carbonyl (C=O) groups is 1. The molecule has 2 rings (SSSR count). The van der Waals surface area contributed by atoms with Gasteiger partial charge >= 0.3 is 5.97 Å². The molecule has 0 bridgehead atoms. The highest BCUT2D eigenvalue weighted by molar-refractivity contribution is 5.69. The van der Waals surface area contributed by atoms with E-state index in [0.29, 0.717) is 18.9 Å². The molecule has 2 heteroatoms. The Morgan fingerprint density at radius 2 is 1.83 bits per heavy atom. The van der Waals surface area contributed by atoms with Gasteiger partial charge in [0.05, 0.1) is 0 Å². The monoisotopic (exact) mass is 246 g/mol. The molecule has 1 aliphatic carbocycles. The molecule has 1 fully saturated rings. The van der Waals surface area contributed by atoms with Gasteiger partial charge < -0.3 is 4.74 Å². The van der Waals surface area contributed by atoms with Crippen LogP contribution >= 0.6 is 0 Å². The first-order valence-corrected chi connectivity index (χ1v) is 6.93. The van der Waals surface area contributed by atoms with E-state index in [9.17, 15) is 4.79 Å². The third kappa shape index (κ3) is 4.17. The van der Waals surface area contributed by atoms with Gasteiger partial charge in [0.15, 0.2) is 0 Å². The Hall–Kier alpha value is -1.31. The van der Waals surface area contributed by atoms with Gasteiger partial charge in [0, 0.05) is 6.42 Å². The summed E-state index contributed by atoms with van der Waals surface area (Å²) in [4.78, 5) is 11.7. The Morgan fingerprint density at radius 1 is 1.17 bits per heavy atom. The van der Waals surface area contributed by atoms with Gasteiger partial charge in [-0.3, -0.25) is 4.79 Å². The molecule has 1 saturated carbocycles. The van der Waals surface area contributed by atoms with Crippen LogP contribution in [0.2, 0.25) is 0 Å². The molecule has 1 aromatic carbocycles. The summed E-state index contributed by atoms with van der Waals surface area (Å²) >= 11 is 0. The quantitative estimate of drug-likeness (QED) is 0.752. The molecule has 0 spiro atoms. The molecule has 0 radical (unpaired) electrons. The largest absolute Gasteiger partial charge is 0.461 e. The second kappa shape index (κ2) is 6.58. The predicted octanol–water partition coefficient (Wildman–Crippen LogP) is 3.95. The standard InChI is InChI=1S/C16H22O2/c1-13-7-9-14(10-8-13)11-16(17)18-12-15-5-3-2-4-6-15/h2-6,13-14H,7-12H2,1H3. The molecule has 18 heavy (non-hydrogen) atoms. The summed E-state index contributed by atoms with van der Waals surface area (Å²) in [6.07, 6.45) is 5.48. The van der Waals surface area contributed by atoms with Crippen molar-refractivity contribution in [2.24, 2.45) is 11.8 Å². The third-order valence-corrected chi connectivity index (χ3v) is 3.83. The number of hydrogen-bond donors (Lipinski definition) is 0. The molecule has 0 aromatic heterocycles. The van der Waals surface area contributed by atoms with Crippen molar-refractivity contribution in [3.05, 3.63) is 35.9 Å². The van der Waals surface area contributed by atoms with Crippen molar-refractivity contribution in [1.29, 1.82) is 0 Å². The lowest BCUT2D eigenvalue weighted by Gasteiger charge is -2.25. The van der Waals surface area contributed by atoms with E-state index >= 15 is 0 Å². The Balaban J connectivity index is 1.69. The first kappa shape index (κ1) is 13.1. The molecule has 98 valence electrons. The van der Waals surface area contributed by atoms with Crippen LogP contribution in [0, 0.1) is 11.8 Å². The van der Waals surface area contributed by atoms with Crippen molar-refractivity contribution < 1.29 is 9.53 Å². The Labute approximate surface area is 109 Å². The topological polar surface area (TPSA) is 26.3 Å². The predicted molar refractivity (Wildman–Crippen MR) is 72.0 cm³/mol. The molecule has 0 N–H and O–H groups in total. The van der Waals surface area contributed by atoms with Crippen molar-refractivity contribution in [3.63, 3.8) is 0 Å². The van der Waals surface area contributed by atoms with Crippen LogP contribution in [0.5, 0.6) is 0 Å². The molecule has 0 heterocycles. The number of ether oxygens (including phenoxy) is 1. The number of hydrogen-bond acceptors (Lipinski definition) is 2. The number of benzene rings is 1.